The summed E-state index contributed by atoms with van der Waals surface area (Å²) in [5.41, 5.74) is 0.451. The zero-order chi connectivity index (χ0) is 13.8. The quantitative estimate of drug-likeness (QED) is 0.853. The number of hydrogen-bond acceptors (Lipinski definition) is 4. The molecule has 1 N–H and O–H groups in total. The van der Waals surface area contributed by atoms with Gasteiger partial charge in [0.1, 0.15) is 0 Å². The SMILES string of the molecule is CC(=O)S(=O)(=O)c1ccc(NC(=O)CCCl)cc1. The standard InChI is InChI=1S/C11H12ClNO4S/c1-8(14)18(16,17)10-4-2-9(3-5-10)13-11(15)6-7-12/h2-5H,6-7H2,1H3,(H,13,15). The zero-order valence-electron chi connectivity index (χ0n) is 9.64. The van der Waals surface area contributed by atoms with Crippen molar-refractivity contribution in [1.29, 1.82) is 0 Å². The molecule has 0 fully saturated rings. The van der Waals surface area contributed by atoms with Gasteiger partial charge in [-0.15, -0.1) is 11.6 Å². The highest BCUT2D eigenvalue weighted by Crippen LogP contribution is 2.16. The first kappa shape index (κ1) is 14.7. The molecule has 5 nitrogen and oxygen atoms in total. The van der Waals surface area contributed by atoms with Crippen molar-refractivity contribution in [3.05, 3.63) is 24.3 Å². The van der Waals surface area contributed by atoms with Crippen LogP contribution in [0.4, 0.5) is 5.69 Å². The van der Waals surface area contributed by atoms with E-state index in [2.05, 4.69) is 5.32 Å². The molecule has 0 aromatic heterocycles. The number of rotatable bonds is 4. The van der Waals surface area contributed by atoms with Crippen LogP contribution in [0, 0.1) is 0 Å². The van der Waals surface area contributed by atoms with E-state index in [0.29, 0.717) is 5.69 Å². The van der Waals surface area contributed by atoms with E-state index in [9.17, 15) is 18.0 Å². The Morgan fingerprint density at radius 3 is 2.22 bits per heavy atom. The lowest BCUT2D eigenvalue weighted by Crippen LogP contribution is -2.13. The molecule has 7 heteroatoms. The van der Waals surface area contributed by atoms with Gasteiger partial charge in [0.25, 0.3) is 0 Å². The Bertz CT molecular complexity index is 551. The van der Waals surface area contributed by atoms with E-state index in [0.717, 1.165) is 6.92 Å². The highest BCUT2D eigenvalue weighted by molar-refractivity contribution is 8.06. The number of amides is 1. The summed E-state index contributed by atoms with van der Waals surface area (Å²) >= 11 is 5.40. The van der Waals surface area contributed by atoms with Crippen molar-refractivity contribution < 1.29 is 18.0 Å². The van der Waals surface area contributed by atoms with Gasteiger partial charge in [-0.1, -0.05) is 0 Å². The van der Waals surface area contributed by atoms with Crippen molar-refractivity contribution in [2.24, 2.45) is 0 Å². The molecule has 0 aliphatic heterocycles. The molecular formula is C11H12ClNO4S. The molecule has 0 unspecified atom stereocenters. The molecule has 0 bridgehead atoms. The molecule has 0 radical (unpaired) electrons. The van der Waals surface area contributed by atoms with Crippen molar-refractivity contribution in [3.8, 4) is 0 Å². The molecule has 1 aromatic carbocycles. The Morgan fingerprint density at radius 2 is 1.78 bits per heavy atom. The Labute approximate surface area is 110 Å². The fraction of sp³-hybridized carbons (Fsp3) is 0.273. The van der Waals surface area contributed by atoms with Gasteiger partial charge in [-0.05, 0) is 24.3 Å². The predicted molar refractivity (Wildman–Crippen MR) is 68.3 cm³/mol. The number of halogens is 1. The van der Waals surface area contributed by atoms with Gasteiger partial charge in [0.2, 0.25) is 20.9 Å². The Balaban J connectivity index is 2.87. The average Bonchev–Trinajstić information content (AvgIpc) is 2.29. The molecule has 0 saturated carbocycles. The summed E-state index contributed by atoms with van der Waals surface area (Å²) < 4.78 is 23.0. The minimum Gasteiger partial charge on any atom is -0.326 e. The molecule has 0 heterocycles. The lowest BCUT2D eigenvalue weighted by atomic mass is 10.3. The number of hydrogen-bond donors (Lipinski definition) is 1. The second kappa shape index (κ2) is 5.97. The van der Waals surface area contributed by atoms with E-state index in [-0.39, 0.29) is 23.1 Å². The van der Waals surface area contributed by atoms with E-state index in [1.165, 1.54) is 24.3 Å². The largest absolute Gasteiger partial charge is 0.326 e. The molecule has 0 aliphatic carbocycles. The van der Waals surface area contributed by atoms with Crippen LogP contribution in [-0.2, 0) is 19.4 Å². The summed E-state index contributed by atoms with van der Waals surface area (Å²) in [4.78, 5) is 22.1. The number of sulfone groups is 1. The summed E-state index contributed by atoms with van der Waals surface area (Å²) in [5.74, 6) is -0.0463. The maximum absolute atomic E-state index is 11.5. The van der Waals surface area contributed by atoms with Crippen LogP contribution in [0.15, 0.2) is 29.2 Å². The molecule has 1 aromatic rings. The molecule has 1 amide bonds. The van der Waals surface area contributed by atoms with E-state index in [1.807, 2.05) is 0 Å². The van der Waals surface area contributed by atoms with Gasteiger partial charge in [0.15, 0.2) is 0 Å². The first-order valence-corrected chi connectivity index (χ1v) is 7.11. The third-order valence-electron chi connectivity index (χ3n) is 2.15. The van der Waals surface area contributed by atoms with Gasteiger partial charge in [0, 0.05) is 24.9 Å². The van der Waals surface area contributed by atoms with Gasteiger partial charge < -0.3 is 5.32 Å². The minimum absolute atomic E-state index is 0.0923. The highest BCUT2D eigenvalue weighted by Gasteiger charge is 2.19. The number of carbonyl (C=O) groups is 2. The lowest BCUT2D eigenvalue weighted by Gasteiger charge is -2.05. The minimum atomic E-state index is -3.91. The third kappa shape index (κ3) is 3.54. The van der Waals surface area contributed by atoms with Gasteiger partial charge in [-0.3, -0.25) is 9.59 Å². The molecule has 0 aliphatic rings. The number of benzene rings is 1. The van der Waals surface area contributed by atoms with Crippen molar-refractivity contribution in [2.75, 3.05) is 11.2 Å². The fourth-order valence-electron chi connectivity index (χ4n) is 1.19. The van der Waals surface area contributed by atoms with E-state index >= 15 is 0 Å². The summed E-state index contributed by atoms with van der Waals surface area (Å²) in [5, 5.41) is 1.63. The molecule has 98 valence electrons. The monoisotopic (exact) mass is 289 g/mol. The van der Waals surface area contributed by atoms with Crippen molar-refractivity contribution in [3.63, 3.8) is 0 Å². The Morgan fingerprint density at radius 1 is 1.22 bits per heavy atom. The highest BCUT2D eigenvalue weighted by atomic mass is 35.5. The molecule has 1 rings (SSSR count). The second-order valence-electron chi connectivity index (χ2n) is 3.51. The van der Waals surface area contributed by atoms with Crippen LogP contribution >= 0.6 is 11.6 Å². The molecule has 0 atom stereocenters. The topological polar surface area (TPSA) is 80.3 Å². The van der Waals surface area contributed by atoms with Crippen molar-refractivity contribution >= 4 is 38.1 Å². The predicted octanol–water partition coefficient (Wildman–Crippen LogP) is 1.57. The van der Waals surface area contributed by atoms with Crippen LogP contribution in [0.25, 0.3) is 0 Å². The summed E-state index contributed by atoms with van der Waals surface area (Å²) in [7, 11) is -3.91. The van der Waals surface area contributed by atoms with Gasteiger partial charge >= 0.3 is 0 Å². The van der Waals surface area contributed by atoms with Crippen LogP contribution in [0.1, 0.15) is 13.3 Å². The molecule has 0 saturated heterocycles. The number of carbonyl (C=O) groups excluding carboxylic acids is 2. The zero-order valence-corrected chi connectivity index (χ0v) is 11.2. The average molecular weight is 290 g/mol. The first-order chi connectivity index (χ1) is 8.37. The van der Waals surface area contributed by atoms with Crippen LogP contribution < -0.4 is 5.32 Å². The lowest BCUT2D eigenvalue weighted by molar-refractivity contribution is -0.115. The Kier molecular flexibility index (Phi) is 4.86. The van der Waals surface area contributed by atoms with Crippen LogP contribution in [0.5, 0.6) is 0 Å². The second-order valence-corrected chi connectivity index (χ2v) is 5.94. The van der Waals surface area contributed by atoms with Crippen molar-refractivity contribution in [1.82, 2.24) is 0 Å². The maximum Gasteiger partial charge on any atom is 0.248 e. The van der Waals surface area contributed by atoms with Crippen LogP contribution in [0.3, 0.4) is 0 Å². The summed E-state index contributed by atoms with van der Waals surface area (Å²) in [6.07, 6.45) is 0.176. The van der Waals surface area contributed by atoms with Gasteiger partial charge in [-0.2, -0.15) is 0 Å². The van der Waals surface area contributed by atoms with Crippen molar-refractivity contribution in [2.45, 2.75) is 18.2 Å². The first-order valence-electron chi connectivity index (χ1n) is 5.09. The molecule has 18 heavy (non-hydrogen) atoms. The number of nitrogens with one attached hydrogen (secondary N) is 1. The van der Waals surface area contributed by atoms with E-state index in [1.54, 1.807) is 0 Å². The fourth-order valence-corrected chi connectivity index (χ4v) is 2.19. The third-order valence-corrected chi connectivity index (χ3v) is 3.99. The maximum atomic E-state index is 11.5. The van der Waals surface area contributed by atoms with E-state index in [4.69, 9.17) is 11.6 Å². The van der Waals surface area contributed by atoms with Gasteiger partial charge in [-0.25, -0.2) is 8.42 Å². The van der Waals surface area contributed by atoms with E-state index < -0.39 is 15.0 Å². The molecular weight excluding hydrogens is 278 g/mol. The summed E-state index contributed by atoms with van der Waals surface area (Å²) in [6.45, 7) is 0.992. The van der Waals surface area contributed by atoms with Crippen LogP contribution in [-0.4, -0.2) is 25.3 Å². The number of alkyl halides is 1. The molecule has 0 spiro atoms. The smallest absolute Gasteiger partial charge is 0.248 e. The Hall–Kier alpha value is -1.40. The van der Waals surface area contributed by atoms with Gasteiger partial charge in [0.05, 0.1) is 4.90 Å². The summed E-state index contributed by atoms with van der Waals surface area (Å²) in [6, 6.07) is 5.38. The normalized spacial score (nSPS) is 11.0. The number of anilines is 1. The van der Waals surface area contributed by atoms with Crippen LogP contribution in [0.2, 0.25) is 0 Å².